The molecule has 0 aliphatic rings. The number of nitrogens with one attached hydrogen (secondary N) is 1. The summed E-state index contributed by atoms with van der Waals surface area (Å²) in [5, 5.41) is 4.54. The molecule has 18 heavy (non-hydrogen) atoms. The lowest BCUT2D eigenvalue weighted by Crippen LogP contribution is -2.38. The number of amides is 1. The van der Waals surface area contributed by atoms with Crippen LogP contribution in [0.4, 0.5) is 0 Å². The van der Waals surface area contributed by atoms with Gasteiger partial charge < -0.3 is 5.32 Å². The molecule has 0 unspecified atom stereocenters. The van der Waals surface area contributed by atoms with Crippen molar-refractivity contribution in [2.24, 2.45) is 0 Å². The second-order valence-electron chi connectivity index (χ2n) is 3.90. The number of hydrogen-bond donors (Lipinski definition) is 1. The zero-order valence-corrected chi connectivity index (χ0v) is 12.2. The van der Waals surface area contributed by atoms with Crippen molar-refractivity contribution in [1.82, 2.24) is 9.62 Å². The molecule has 0 aliphatic carbocycles. The molecule has 0 saturated carbocycles. The number of sulfonamides is 1. The van der Waals surface area contributed by atoms with Crippen LogP contribution >= 0.6 is 11.3 Å². The molecule has 5 nitrogen and oxygen atoms in total. The predicted molar refractivity (Wildman–Crippen MR) is 73.4 cm³/mol. The monoisotopic (exact) mass is 290 g/mol. The summed E-state index contributed by atoms with van der Waals surface area (Å²) < 4.78 is 24.3. The van der Waals surface area contributed by atoms with E-state index in [1.807, 2.05) is 12.3 Å². The number of thiophene rings is 1. The molecule has 0 aliphatic heterocycles. The molecule has 1 aromatic heterocycles. The first-order chi connectivity index (χ1) is 8.45. The first-order valence-corrected chi connectivity index (χ1v) is 8.44. The predicted octanol–water partition coefficient (Wildman–Crippen LogP) is 1.15. The highest BCUT2D eigenvalue weighted by Crippen LogP contribution is 2.07. The van der Waals surface area contributed by atoms with Crippen molar-refractivity contribution in [2.45, 2.75) is 13.3 Å². The standard InChI is InChI=1S/C11H18N2O3S2/c1-3-7-13(18(2,15)16)8-6-12-11(14)10-5-4-9-17-10/h4-5,9H,3,6-8H2,1-2H3,(H,12,14). The number of nitrogens with zero attached hydrogens (tertiary/aromatic N) is 1. The van der Waals surface area contributed by atoms with Crippen LogP contribution in [0.25, 0.3) is 0 Å². The van der Waals surface area contributed by atoms with E-state index in [4.69, 9.17) is 0 Å². The molecule has 0 radical (unpaired) electrons. The normalized spacial score (nSPS) is 11.7. The van der Waals surface area contributed by atoms with Crippen LogP contribution in [0.3, 0.4) is 0 Å². The molecule has 1 rings (SSSR count). The van der Waals surface area contributed by atoms with Crippen LogP contribution in [0.15, 0.2) is 17.5 Å². The maximum Gasteiger partial charge on any atom is 0.261 e. The van der Waals surface area contributed by atoms with E-state index in [2.05, 4.69) is 5.32 Å². The Bertz CT molecular complexity index is 468. The van der Waals surface area contributed by atoms with Crippen molar-refractivity contribution in [1.29, 1.82) is 0 Å². The summed E-state index contributed by atoms with van der Waals surface area (Å²) in [4.78, 5) is 12.3. The summed E-state index contributed by atoms with van der Waals surface area (Å²) in [5.74, 6) is -0.157. The molecule has 0 bridgehead atoms. The van der Waals surface area contributed by atoms with Crippen LogP contribution in [0.1, 0.15) is 23.0 Å². The van der Waals surface area contributed by atoms with Gasteiger partial charge in [-0.25, -0.2) is 12.7 Å². The Morgan fingerprint density at radius 3 is 2.67 bits per heavy atom. The maximum absolute atomic E-state index is 11.6. The summed E-state index contributed by atoms with van der Waals surface area (Å²) in [6, 6.07) is 3.54. The molecule has 0 atom stereocenters. The summed E-state index contributed by atoms with van der Waals surface area (Å²) in [7, 11) is -3.19. The number of carbonyl (C=O) groups excluding carboxylic acids is 1. The second-order valence-corrected chi connectivity index (χ2v) is 6.83. The van der Waals surface area contributed by atoms with Gasteiger partial charge in [-0.1, -0.05) is 13.0 Å². The van der Waals surface area contributed by atoms with Crippen LogP contribution in [-0.2, 0) is 10.0 Å². The lowest BCUT2D eigenvalue weighted by Gasteiger charge is -2.19. The average Bonchev–Trinajstić information content (AvgIpc) is 2.79. The van der Waals surface area contributed by atoms with Crippen LogP contribution < -0.4 is 5.32 Å². The molecular weight excluding hydrogens is 272 g/mol. The zero-order valence-electron chi connectivity index (χ0n) is 10.5. The van der Waals surface area contributed by atoms with Gasteiger partial charge in [-0.05, 0) is 17.9 Å². The Balaban J connectivity index is 2.42. The van der Waals surface area contributed by atoms with Gasteiger partial charge in [-0.15, -0.1) is 11.3 Å². The number of carbonyl (C=O) groups is 1. The highest BCUT2D eigenvalue weighted by molar-refractivity contribution is 7.88. The Labute approximate surface area is 112 Å². The van der Waals surface area contributed by atoms with E-state index in [-0.39, 0.29) is 5.91 Å². The molecule has 1 N–H and O–H groups in total. The SMILES string of the molecule is CCCN(CCNC(=O)c1cccs1)S(C)(=O)=O. The fourth-order valence-electron chi connectivity index (χ4n) is 1.48. The molecule has 0 fully saturated rings. The molecule has 1 amide bonds. The second kappa shape index (κ2) is 6.86. The summed E-state index contributed by atoms with van der Waals surface area (Å²) in [6.07, 6.45) is 1.94. The van der Waals surface area contributed by atoms with Gasteiger partial charge >= 0.3 is 0 Å². The van der Waals surface area contributed by atoms with Crippen LogP contribution in [-0.4, -0.2) is 44.5 Å². The third kappa shape index (κ3) is 4.75. The van der Waals surface area contributed by atoms with Gasteiger partial charge in [0.15, 0.2) is 0 Å². The van der Waals surface area contributed by atoms with E-state index in [1.54, 1.807) is 12.1 Å². The fraction of sp³-hybridized carbons (Fsp3) is 0.545. The molecule has 0 spiro atoms. The molecule has 102 valence electrons. The van der Waals surface area contributed by atoms with Crippen LogP contribution in [0.2, 0.25) is 0 Å². The van der Waals surface area contributed by atoms with Gasteiger partial charge in [0.25, 0.3) is 5.91 Å². The van der Waals surface area contributed by atoms with E-state index in [0.29, 0.717) is 24.5 Å². The molecular formula is C11H18N2O3S2. The van der Waals surface area contributed by atoms with Crippen LogP contribution in [0, 0.1) is 0 Å². The Kier molecular flexibility index (Phi) is 5.77. The smallest absolute Gasteiger partial charge is 0.261 e. The van der Waals surface area contributed by atoms with Gasteiger partial charge in [-0.2, -0.15) is 0 Å². The Hall–Kier alpha value is -0.920. The van der Waals surface area contributed by atoms with Crippen molar-refractivity contribution in [3.05, 3.63) is 22.4 Å². The van der Waals surface area contributed by atoms with E-state index in [0.717, 1.165) is 6.42 Å². The summed E-state index contributed by atoms with van der Waals surface area (Å²) in [5.41, 5.74) is 0. The molecule has 7 heteroatoms. The van der Waals surface area contributed by atoms with E-state index in [9.17, 15) is 13.2 Å². The third-order valence-corrected chi connectivity index (χ3v) is 4.51. The quantitative estimate of drug-likeness (QED) is 0.819. The zero-order chi connectivity index (χ0) is 13.6. The van der Waals surface area contributed by atoms with Crippen molar-refractivity contribution in [3.8, 4) is 0 Å². The Morgan fingerprint density at radius 2 is 2.17 bits per heavy atom. The lowest BCUT2D eigenvalue weighted by atomic mass is 10.4. The van der Waals surface area contributed by atoms with Gasteiger partial charge in [0, 0.05) is 19.6 Å². The number of hydrogen-bond acceptors (Lipinski definition) is 4. The van der Waals surface area contributed by atoms with E-state index in [1.165, 1.54) is 21.9 Å². The van der Waals surface area contributed by atoms with Crippen molar-refractivity contribution in [3.63, 3.8) is 0 Å². The fourth-order valence-corrected chi connectivity index (χ4v) is 3.06. The first-order valence-electron chi connectivity index (χ1n) is 5.72. The van der Waals surface area contributed by atoms with Crippen molar-refractivity contribution < 1.29 is 13.2 Å². The largest absolute Gasteiger partial charge is 0.350 e. The Morgan fingerprint density at radius 1 is 1.44 bits per heavy atom. The van der Waals surface area contributed by atoms with Gasteiger partial charge in [0.1, 0.15) is 0 Å². The van der Waals surface area contributed by atoms with E-state index < -0.39 is 10.0 Å². The number of rotatable bonds is 7. The van der Waals surface area contributed by atoms with Gasteiger partial charge in [-0.3, -0.25) is 4.79 Å². The topological polar surface area (TPSA) is 66.5 Å². The van der Waals surface area contributed by atoms with Crippen LogP contribution in [0.5, 0.6) is 0 Å². The maximum atomic E-state index is 11.6. The minimum Gasteiger partial charge on any atom is -0.350 e. The third-order valence-electron chi connectivity index (χ3n) is 2.33. The molecule has 0 saturated heterocycles. The minimum absolute atomic E-state index is 0.157. The highest BCUT2D eigenvalue weighted by Gasteiger charge is 2.15. The summed E-state index contributed by atoms with van der Waals surface area (Å²) >= 11 is 1.36. The van der Waals surface area contributed by atoms with E-state index >= 15 is 0 Å². The molecule has 1 aromatic rings. The average molecular weight is 290 g/mol. The summed E-state index contributed by atoms with van der Waals surface area (Å²) in [6.45, 7) is 3.03. The lowest BCUT2D eigenvalue weighted by molar-refractivity contribution is 0.0955. The highest BCUT2D eigenvalue weighted by atomic mass is 32.2. The molecule has 0 aromatic carbocycles. The van der Waals surface area contributed by atoms with Crippen molar-refractivity contribution >= 4 is 27.3 Å². The minimum atomic E-state index is -3.19. The molecule has 1 heterocycles. The first kappa shape index (κ1) is 15.1. The van der Waals surface area contributed by atoms with Gasteiger partial charge in [0.05, 0.1) is 11.1 Å². The van der Waals surface area contributed by atoms with Crippen molar-refractivity contribution in [2.75, 3.05) is 25.9 Å². The van der Waals surface area contributed by atoms with Gasteiger partial charge in [0.2, 0.25) is 10.0 Å².